The number of sulfone groups is 1. The Morgan fingerprint density at radius 2 is 2.03 bits per heavy atom. The van der Waals surface area contributed by atoms with E-state index in [-0.39, 0.29) is 23.5 Å². The molecule has 1 N–H and O–H groups in total. The molecule has 1 atom stereocenters. The van der Waals surface area contributed by atoms with Crippen LogP contribution in [0.25, 0.3) is 11.0 Å². The second-order valence-corrected chi connectivity index (χ2v) is 12.8. The van der Waals surface area contributed by atoms with E-state index in [1.54, 1.807) is 6.33 Å². The van der Waals surface area contributed by atoms with E-state index in [0.29, 0.717) is 12.0 Å². The number of fused-ring (bicyclic) bond motifs is 1. The second-order valence-electron chi connectivity index (χ2n) is 10.7. The minimum Gasteiger partial charge on any atom is -0.376 e. The van der Waals surface area contributed by atoms with Crippen LogP contribution in [0, 0.1) is 11.8 Å². The molecular formula is C26H41N5O3S. The zero-order valence-electron chi connectivity index (χ0n) is 21.4. The van der Waals surface area contributed by atoms with E-state index in [1.165, 1.54) is 0 Å². The number of piperidine rings is 1. The van der Waals surface area contributed by atoms with Crippen molar-refractivity contribution in [3.05, 3.63) is 30.9 Å². The summed E-state index contributed by atoms with van der Waals surface area (Å²) in [5, 5.41) is 1.03. The Labute approximate surface area is 210 Å². The number of H-pyrrole nitrogens is 1. The predicted molar refractivity (Wildman–Crippen MR) is 141 cm³/mol. The molecule has 0 radical (unpaired) electrons. The van der Waals surface area contributed by atoms with Gasteiger partial charge in [-0.1, -0.05) is 19.9 Å². The molecule has 1 unspecified atom stereocenters. The average molecular weight is 504 g/mol. The van der Waals surface area contributed by atoms with Crippen molar-refractivity contribution in [1.82, 2.24) is 19.9 Å². The lowest BCUT2D eigenvalue weighted by Crippen LogP contribution is -2.37. The molecule has 1 aliphatic carbocycles. The maximum atomic E-state index is 12.8. The van der Waals surface area contributed by atoms with Gasteiger partial charge in [0.2, 0.25) is 0 Å². The second kappa shape index (κ2) is 11.7. The Morgan fingerprint density at radius 3 is 2.80 bits per heavy atom. The van der Waals surface area contributed by atoms with Gasteiger partial charge in [0.05, 0.1) is 23.0 Å². The Morgan fingerprint density at radius 1 is 1.23 bits per heavy atom. The first-order valence-electron chi connectivity index (χ1n) is 13.0. The van der Waals surface area contributed by atoms with Crippen molar-refractivity contribution in [2.24, 2.45) is 11.8 Å². The number of nitrogens with one attached hydrogen (secondary N) is 1. The van der Waals surface area contributed by atoms with Crippen molar-refractivity contribution in [3.8, 4) is 0 Å². The predicted octanol–water partition coefficient (Wildman–Crippen LogP) is 4.02. The molecule has 35 heavy (non-hydrogen) atoms. The standard InChI is InChI=1S/C26H41N5O3S/c1-20(2)17-34-23-6-4-13-31(16-23)14-5-15-35(32,33)18-21-7-9-22(10-8-21)30(3)26-24-11-12-27-25(24)28-19-29-26/h5,11-12,14,19-23H,4,6-10,13,15-18H2,1-3H3,(H,27,28,29)/t21-,22-,23?. The number of hydrogen-bond acceptors (Lipinski definition) is 7. The normalized spacial score (nSPS) is 24.0. The van der Waals surface area contributed by atoms with Crippen LogP contribution in [0.4, 0.5) is 5.82 Å². The molecule has 1 saturated carbocycles. The summed E-state index contributed by atoms with van der Waals surface area (Å²) in [6, 6.07) is 2.38. The van der Waals surface area contributed by atoms with Gasteiger partial charge in [0, 0.05) is 39.0 Å². The summed E-state index contributed by atoms with van der Waals surface area (Å²) >= 11 is 0. The van der Waals surface area contributed by atoms with Gasteiger partial charge in [0.15, 0.2) is 9.84 Å². The first-order chi connectivity index (χ1) is 16.8. The maximum absolute atomic E-state index is 12.8. The van der Waals surface area contributed by atoms with Crippen molar-refractivity contribution in [2.75, 3.05) is 43.1 Å². The van der Waals surface area contributed by atoms with Crippen LogP contribution in [0.2, 0.25) is 0 Å². The lowest BCUT2D eigenvalue weighted by molar-refractivity contribution is -0.00111. The zero-order chi connectivity index (χ0) is 24.8. The molecule has 8 nitrogen and oxygen atoms in total. The third kappa shape index (κ3) is 7.19. The number of anilines is 1. The van der Waals surface area contributed by atoms with Gasteiger partial charge >= 0.3 is 0 Å². The number of likely N-dealkylation sites (tertiary alicyclic amines) is 1. The third-order valence-electron chi connectivity index (χ3n) is 7.26. The molecule has 2 aliphatic rings. The van der Waals surface area contributed by atoms with Gasteiger partial charge in [-0.15, -0.1) is 0 Å². The Hall–Kier alpha value is -2.13. The van der Waals surface area contributed by atoms with Gasteiger partial charge in [0.1, 0.15) is 17.8 Å². The quantitative estimate of drug-likeness (QED) is 0.524. The first-order valence-corrected chi connectivity index (χ1v) is 14.9. The van der Waals surface area contributed by atoms with Crippen molar-refractivity contribution in [2.45, 2.75) is 64.5 Å². The van der Waals surface area contributed by atoms with Crippen LogP contribution in [-0.2, 0) is 14.6 Å². The van der Waals surface area contributed by atoms with Crippen molar-refractivity contribution < 1.29 is 13.2 Å². The van der Waals surface area contributed by atoms with Crippen LogP contribution < -0.4 is 4.90 Å². The van der Waals surface area contributed by atoms with Gasteiger partial charge in [-0.05, 0) is 62.6 Å². The van der Waals surface area contributed by atoms with Crippen molar-refractivity contribution in [1.29, 1.82) is 0 Å². The molecule has 2 aromatic heterocycles. The van der Waals surface area contributed by atoms with Crippen LogP contribution >= 0.6 is 0 Å². The van der Waals surface area contributed by atoms with Gasteiger partial charge in [-0.2, -0.15) is 0 Å². The Kier molecular flexibility index (Phi) is 8.70. The van der Waals surface area contributed by atoms with E-state index >= 15 is 0 Å². The summed E-state index contributed by atoms with van der Waals surface area (Å²) in [6.45, 7) is 6.92. The van der Waals surface area contributed by atoms with Crippen LogP contribution in [0.3, 0.4) is 0 Å². The molecule has 3 heterocycles. The summed E-state index contributed by atoms with van der Waals surface area (Å²) in [5.74, 6) is 2.10. The van der Waals surface area contributed by atoms with Crippen molar-refractivity contribution in [3.63, 3.8) is 0 Å². The van der Waals surface area contributed by atoms with Gasteiger partial charge in [0.25, 0.3) is 0 Å². The molecule has 2 fully saturated rings. The van der Waals surface area contributed by atoms with E-state index in [1.807, 2.05) is 24.5 Å². The third-order valence-corrected chi connectivity index (χ3v) is 8.94. The van der Waals surface area contributed by atoms with Crippen LogP contribution in [0.5, 0.6) is 0 Å². The number of hydrogen-bond donors (Lipinski definition) is 1. The maximum Gasteiger partial charge on any atom is 0.154 e. The fourth-order valence-electron chi connectivity index (χ4n) is 5.34. The number of aromatic nitrogens is 3. The molecule has 4 rings (SSSR count). The van der Waals surface area contributed by atoms with Gasteiger partial charge in [-0.3, -0.25) is 0 Å². The van der Waals surface area contributed by atoms with E-state index in [0.717, 1.165) is 75.1 Å². The van der Waals surface area contributed by atoms with Crippen LogP contribution in [0.15, 0.2) is 30.9 Å². The molecule has 0 bridgehead atoms. The monoisotopic (exact) mass is 503 g/mol. The SMILES string of the molecule is CC(C)COC1CCCN(C=CCS(=O)(=O)C[C@H]2CC[C@H](N(C)c3ncnc4[nH]ccc34)CC2)C1. The Balaban J connectivity index is 1.22. The summed E-state index contributed by atoms with van der Waals surface area (Å²) in [5.41, 5.74) is 0.845. The topological polar surface area (TPSA) is 91.4 Å². The summed E-state index contributed by atoms with van der Waals surface area (Å²) in [4.78, 5) is 16.4. The first kappa shape index (κ1) is 25.9. The van der Waals surface area contributed by atoms with E-state index in [2.05, 4.69) is 45.6 Å². The minimum absolute atomic E-state index is 0.118. The summed E-state index contributed by atoms with van der Waals surface area (Å²) in [6.07, 6.45) is 13.5. The van der Waals surface area contributed by atoms with E-state index in [9.17, 15) is 8.42 Å². The van der Waals surface area contributed by atoms with Crippen LogP contribution in [-0.4, -0.2) is 78.7 Å². The highest BCUT2D eigenvalue weighted by atomic mass is 32.2. The van der Waals surface area contributed by atoms with E-state index < -0.39 is 9.84 Å². The zero-order valence-corrected chi connectivity index (χ0v) is 22.2. The molecular weight excluding hydrogens is 462 g/mol. The smallest absolute Gasteiger partial charge is 0.154 e. The van der Waals surface area contributed by atoms with Crippen LogP contribution in [0.1, 0.15) is 52.4 Å². The molecule has 0 aromatic carbocycles. The highest BCUT2D eigenvalue weighted by Gasteiger charge is 2.28. The van der Waals surface area contributed by atoms with E-state index in [4.69, 9.17) is 4.74 Å². The number of rotatable bonds is 10. The Bertz CT molecular complexity index is 1080. The minimum atomic E-state index is -3.11. The molecule has 0 spiro atoms. The summed E-state index contributed by atoms with van der Waals surface area (Å²) in [7, 11) is -1.03. The molecule has 0 amide bonds. The number of nitrogens with zero attached hydrogens (tertiary/aromatic N) is 4. The molecule has 1 aliphatic heterocycles. The molecule has 194 valence electrons. The summed E-state index contributed by atoms with van der Waals surface area (Å²) < 4.78 is 31.6. The largest absolute Gasteiger partial charge is 0.376 e. The number of ether oxygens (including phenoxy) is 1. The fourth-order valence-corrected chi connectivity index (χ4v) is 6.91. The molecule has 1 saturated heterocycles. The lowest BCUT2D eigenvalue weighted by atomic mass is 9.86. The average Bonchev–Trinajstić information content (AvgIpc) is 3.32. The van der Waals surface area contributed by atoms with Crippen molar-refractivity contribution >= 4 is 26.7 Å². The van der Waals surface area contributed by atoms with Gasteiger partial charge in [-0.25, -0.2) is 18.4 Å². The highest BCUT2D eigenvalue weighted by molar-refractivity contribution is 7.91. The number of aromatic amines is 1. The highest BCUT2D eigenvalue weighted by Crippen LogP contribution is 2.32. The van der Waals surface area contributed by atoms with Gasteiger partial charge < -0.3 is 19.5 Å². The molecule has 9 heteroatoms. The fraction of sp³-hybridized carbons (Fsp3) is 0.692. The molecule has 2 aromatic rings. The lowest BCUT2D eigenvalue weighted by Gasteiger charge is -2.35.